The molecule has 0 unspecified atom stereocenters. The number of methoxy groups -OCH3 is 1. The van der Waals surface area contributed by atoms with E-state index in [2.05, 4.69) is 10.2 Å². The number of piperidine rings is 1. The Balaban J connectivity index is 1.49. The van der Waals surface area contributed by atoms with Crippen molar-refractivity contribution in [3.05, 3.63) is 23.8 Å². The SMILES string of the molecule is COc1ccc(C)cc1NC(=O)N1C[C@@H]2CC[C@H](C1)N(CC1CC1)C2=O. The third-order valence-electron chi connectivity index (χ3n) is 5.83. The lowest BCUT2D eigenvalue weighted by molar-refractivity contribution is -0.140. The minimum Gasteiger partial charge on any atom is -0.495 e. The van der Waals surface area contributed by atoms with Gasteiger partial charge in [0.1, 0.15) is 5.75 Å². The summed E-state index contributed by atoms with van der Waals surface area (Å²) in [6.45, 7) is 3.99. The first-order valence-corrected chi connectivity index (χ1v) is 9.56. The maximum Gasteiger partial charge on any atom is 0.322 e. The molecule has 5 rings (SSSR count). The smallest absolute Gasteiger partial charge is 0.322 e. The van der Waals surface area contributed by atoms with E-state index in [4.69, 9.17) is 4.74 Å². The highest BCUT2D eigenvalue weighted by molar-refractivity contribution is 5.92. The summed E-state index contributed by atoms with van der Waals surface area (Å²) in [4.78, 5) is 29.6. The number of benzene rings is 1. The van der Waals surface area contributed by atoms with Crippen molar-refractivity contribution in [2.24, 2.45) is 11.8 Å². The Morgan fingerprint density at radius 2 is 2.04 bits per heavy atom. The fraction of sp³-hybridized carbons (Fsp3) is 0.600. The Morgan fingerprint density at radius 1 is 1.23 bits per heavy atom. The van der Waals surface area contributed by atoms with Crippen LogP contribution in [0.25, 0.3) is 0 Å². The van der Waals surface area contributed by atoms with Crippen LogP contribution in [0.5, 0.6) is 5.75 Å². The monoisotopic (exact) mass is 357 g/mol. The van der Waals surface area contributed by atoms with Gasteiger partial charge in [0.25, 0.3) is 0 Å². The maximum atomic E-state index is 12.9. The maximum absolute atomic E-state index is 12.9. The van der Waals surface area contributed by atoms with Gasteiger partial charge in [-0.2, -0.15) is 0 Å². The van der Waals surface area contributed by atoms with Crippen molar-refractivity contribution in [3.8, 4) is 5.75 Å². The number of fused-ring (bicyclic) bond motifs is 4. The number of urea groups is 1. The highest BCUT2D eigenvalue weighted by Gasteiger charge is 2.43. The topological polar surface area (TPSA) is 61.9 Å². The molecular formula is C20H27N3O3. The van der Waals surface area contributed by atoms with E-state index < -0.39 is 0 Å². The van der Waals surface area contributed by atoms with Gasteiger partial charge in [-0.3, -0.25) is 4.79 Å². The highest BCUT2D eigenvalue weighted by Crippen LogP contribution is 2.36. The van der Waals surface area contributed by atoms with E-state index in [9.17, 15) is 9.59 Å². The predicted octanol–water partition coefficient (Wildman–Crippen LogP) is 2.87. The van der Waals surface area contributed by atoms with Crippen molar-refractivity contribution in [1.29, 1.82) is 0 Å². The summed E-state index contributed by atoms with van der Waals surface area (Å²) in [5.41, 5.74) is 1.73. The predicted molar refractivity (Wildman–Crippen MR) is 99.3 cm³/mol. The molecule has 4 aliphatic rings. The van der Waals surface area contributed by atoms with Crippen LogP contribution in [0.4, 0.5) is 10.5 Å². The van der Waals surface area contributed by atoms with E-state index in [0.29, 0.717) is 30.4 Å². The van der Waals surface area contributed by atoms with Crippen molar-refractivity contribution in [2.75, 3.05) is 32.1 Å². The molecule has 140 valence electrons. The molecule has 2 atom stereocenters. The zero-order chi connectivity index (χ0) is 18.3. The van der Waals surface area contributed by atoms with E-state index in [1.54, 1.807) is 7.11 Å². The third-order valence-corrected chi connectivity index (χ3v) is 5.83. The van der Waals surface area contributed by atoms with Gasteiger partial charge < -0.3 is 19.9 Å². The summed E-state index contributed by atoms with van der Waals surface area (Å²) in [7, 11) is 1.60. The van der Waals surface area contributed by atoms with Crippen LogP contribution in [0.1, 0.15) is 31.2 Å². The molecule has 0 radical (unpaired) electrons. The molecule has 26 heavy (non-hydrogen) atoms. The van der Waals surface area contributed by atoms with Crippen molar-refractivity contribution in [3.63, 3.8) is 0 Å². The number of nitrogens with one attached hydrogen (secondary N) is 1. The van der Waals surface area contributed by atoms with E-state index in [0.717, 1.165) is 24.9 Å². The summed E-state index contributed by atoms with van der Waals surface area (Å²) in [5.74, 6) is 1.51. The highest BCUT2D eigenvalue weighted by atomic mass is 16.5. The van der Waals surface area contributed by atoms with E-state index in [-0.39, 0.29) is 23.9 Å². The van der Waals surface area contributed by atoms with Gasteiger partial charge in [0.15, 0.2) is 0 Å². The van der Waals surface area contributed by atoms with E-state index in [1.165, 1.54) is 12.8 Å². The van der Waals surface area contributed by atoms with Crippen LogP contribution >= 0.6 is 0 Å². The zero-order valence-electron chi connectivity index (χ0n) is 15.5. The normalized spacial score (nSPS) is 25.2. The minimum atomic E-state index is -0.146. The molecular weight excluding hydrogens is 330 g/mol. The fourth-order valence-electron chi connectivity index (χ4n) is 4.14. The fourth-order valence-corrected chi connectivity index (χ4v) is 4.14. The molecule has 2 bridgehead atoms. The molecule has 4 fully saturated rings. The van der Waals surface area contributed by atoms with Crippen LogP contribution in [-0.4, -0.2) is 54.5 Å². The van der Waals surface area contributed by atoms with Gasteiger partial charge >= 0.3 is 6.03 Å². The number of carbonyl (C=O) groups excluding carboxylic acids is 2. The number of rotatable bonds is 4. The summed E-state index contributed by atoms with van der Waals surface area (Å²) in [6, 6.07) is 5.74. The number of ether oxygens (including phenoxy) is 1. The van der Waals surface area contributed by atoms with Crippen LogP contribution in [0, 0.1) is 18.8 Å². The second-order valence-electron chi connectivity index (χ2n) is 7.90. The van der Waals surface area contributed by atoms with Gasteiger partial charge in [0, 0.05) is 25.7 Å². The van der Waals surface area contributed by atoms with Gasteiger partial charge in [-0.1, -0.05) is 6.07 Å². The minimum absolute atomic E-state index is 0.0577. The zero-order valence-corrected chi connectivity index (χ0v) is 15.5. The molecule has 1 saturated carbocycles. The number of aryl methyl sites for hydroxylation is 1. The van der Waals surface area contributed by atoms with Crippen LogP contribution in [-0.2, 0) is 4.79 Å². The number of hydrogen-bond donors (Lipinski definition) is 1. The number of nitrogens with zero attached hydrogens (tertiary/aromatic N) is 2. The molecule has 3 saturated heterocycles. The van der Waals surface area contributed by atoms with Crippen LogP contribution < -0.4 is 10.1 Å². The number of amides is 3. The Hall–Kier alpha value is -2.24. The Labute approximate surface area is 154 Å². The largest absolute Gasteiger partial charge is 0.495 e. The van der Waals surface area contributed by atoms with Gasteiger partial charge in [-0.15, -0.1) is 0 Å². The van der Waals surface area contributed by atoms with Crippen molar-refractivity contribution < 1.29 is 14.3 Å². The quantitative estimate of drug-likeness (QED) is 0.901. The Morgan fingerprint density at radius 3 is 2.77 bits per heavy atom. The van der Waals surface area contributed by atoms with Crippen molar-refractivity contribution in [1.82, 2.24) is 9.80 Å². The molecule has 1 N–H and O–H groups in total. The van der Waals surface area contributed by atoms with Crippen LogP contribution in [0.15, 0.2) is 18.2 Å². The summed E-state index contributed by atoms with van der Waals surface area (Å²) < 4.78 is 5.36. The molecule has 3 aliphatic heterocycles. The number of anilines is 1. The second kappa shape index (κ2) is 6.82. The number of carbonyl (C=O) groups is 2. The summed E-state index contributed by atoms with van der Waals surface area (Å²) in [5, 5.41) is 2.98. The molecule has 0 spiro atoms. The van der Waals surface area contributed by atoms with E-state index in [1.807, 2.05) is 30.0 Å². The Bertz CT molecular complexity index is 716. The lowest BCUT2D eigenvalue weighted by Crippen LogP contribution is -2.49. The summed E-state index contributed by atoms with van der Waals surface area (Å²) >= 11 is 0. The molecule has 1 aromatic rings. The molecule has 3 amide bonds. The third kappa shape index (κ3) is 3.37. The molecule has 0 aromatic heterocycles. The molecule has 6 heteroatoms. The van der Waals surface area contributed by atoms with E-state index >= 15 is 0 Å². The van der Waals surface area contributed by atoms with Crippen molar-refractivity contribution in [2.45, 2.75) is 38.6 Å². The average Bonchev–Trinajstić information content (AvgIpc) is 3.45. The summed E-state index contributed by atoms with van der Waals surface area (Å²) in [6.07, 6.45) is 4.36. The molecule has 1 aromatic carbocycles. The molecule has 3 heterocycles. The van der Waals surface area contributed by atoms with Gasteiger partial charge in [-0.05, 0) is 56.2 Å². The van der Waals surface area contributed by atoms with Crippen LogP contribution in [0.3, 0.4) is 0 Å². The van der Waals surface area contributed by atoms with Crippen molar-refractivity contribution >= 4 is 17.6 Å². The molecule has 6 nitrogen and oxygen atoms in total. The van der Waals surface area contributed by atoms with Gasteiger partial charge in [-0.25, -0.2) is 4.79 Å². The standard InChI is InChI=1S/C20H27N3O3/c1-13-3-8-18(26-2)17(9-13)21-20(25)22-11-15-6-7-16(12-22)23(19(15)24)10-14-4-5-14/h3,8-9,14-16H,4-7,10-12H2,1-2H3,(H,21,25)/t15-,16+/m0/s1. The van der Waals surface area contributed by atoms with Gasteiger partial charge in [0.05, 0.1) is 18.7 Å². The van der Waals surface area contributed by atoms with Gasteiger partial charge in [0.2, 0.25) is 5.91 Å². The second-order valence-corrected chi connectivity index (χ2v) is 7.90. The Kier molecular flexibility index (Phi) is 4.51. The first kappa shape index (κ1) is 17.2. The molecule has 1 aliphatic carbocycles. The lowest BCUT2D eigenvalue weighted by atomic mass is 9.94. The lowest BCUT2D eigenvalue weighted by Gasteiger charge is -2.36. The first-order chi connectivity index (χ1) is 12.5. The first-order valence-electron chi connectivity index (χ1n) is 9.56. The average molecular weight is 357 g/mol. The number of hydrogen-bond acceptors (Lipinski definition) is 3. The van der Waals surface area contributed by atoms with Crippen LogP contribution in [0.2, 0.25) is 0 Å².